The first kappa shape index (κ1) is 10.4. The van der Waals surface area contributed by atoms with Gasteiger partial charge in [-0.1, -0.05) is 13.8 Å². The molecule has 0 aromatic carbocycles. The lowest BCUT2D eigenvalue weighted by Crippen LogP contribution is -2.37. The molecular weight excluding hydrogens is 144 g/mol. The van der Waals surface area contributed by atoms with Gasteiger partial charge in [-0.05, 0) is 12.8 Å². The number of carbonyl (C=O) groups excluding carboxylic acids is 1. The van der Waals surface area contributed by atoms with Crippen molar-refractivity contribution in [2.75, 3.05) is 6.54 Å². The second-order valence-electron chi connectivity index (χ2n) is 2.92. The van der Waals surface area contributed by atoms with E-state index in [1.807, 2.05) is 13.8 Å². The van der Waals surface area contributed by atoms with Gasteiger partial charge < -0.3 is 5.32 Å². The number of nitrogens with one attached hydrogen (secondary N) is 1. The van der Waals surface area contributed by atoms with Crippen LogP contribution in [0.2, 0.25) is 0 Å². The average molecular weight is 160 g/mol. The van der Waals surface area contributed by atoms with Crippen LogP contribution in [0.15, 0.2) is 0 Å². The molecule has 0 saturated heterocycles. The molecule has 0 aromatic heterocycles. The van der Waals surface area contributed by atoms with Crippen LogP contribution in [0, 0.1) is 5.92 Å². The van der Waals surface area contributed by atoms with Crippen LogP contribution >= 0.6 is 0 Å². The van der Waals surface area contributed by atoms with Gasteiger partial charge in [0.2, 0.25) is 0 Å². The van der Waals surface area contributed by atoms with Gasteiger partial charge in [0.1, 0.15) is 0 Å². The smallest absolute Gasteiger partial charge is 0.250 e. The summed E-state index contributed by atoms with van der Waals surface area (Å²) < 4.78 is 0. The zero-order chi connectivity index (χ0) is 8.85. The van der Waals surface area contributed by atoms with Crippen molar-refractivity contribution in [3.8, 4) is 0 Å². The van der Waals surface area contributed by atoms with E-state index in [0.29, 0.717) is 12.5 Å². The maximum atomic E-state index is 11.0. The summed E-state index contributed by atoms with van der Waals surface area (Å²) in [5.41, 5.74) is 0. The third-order valence-electron chi connectivity index (χ3n) is 1.26. The molecule has 0 aliphatic heterocycles. The molecule has 0 fully saturated rings. The van der Waals surface area contributed by atoms with Gasteiger partial charge >= 0.3 is 0 Å². The first-order chi connectivity index (χ1) is 5.07. The minimum Gasteiger partial charge on any atom is -0.354 e. The van der Waals surface area contributed by atoms with Crippen molar-refractivity contribution in [3.63, 3.8) is 0 Å². The van der Waals surface area contributed by atoms with Gasteiger partial charge in [-0.3, -0.25) is 9.63 Å². The Morgan fingerprint density at radius 3 is 2.45 bits per heavy atom. The van der Waals surface area contributed by atoms with E-state index in [4.69, 9.17) is 5.90 Å². The fourth-order valence-electron chi connectivity index (χ4n) is 0.510. The Morgan fingerprint density at radius 2 is 2.09 bits per heavy atom. The van der Waals surface area contributed by atoms with Crippen LogP contribution in [-0.2, 0) is 9.63 Å². The first-order valence-electron chi connectivity index (χ1n) is 3.71. The van der Waals surface area contributed by atoms with Crippen LogP contribution in [-0.4, -0.2) is 18.6 Å². The SMILES string of the molecule is CC(C)CNC(=O)[C@H](C)ON. The number of hydrogen-bond acceptors (Lipinski definition) is 3. The highest BCUT2D eigenvalue weighted by Crippen LogP contribution is 1.89. The highest BCUT2D eigenvalue weighted by molar-refractivity contribution is 5.80. The number of nitrogens with two attached hydrogens (primary N) is 1. The lowest BCUT2D eigenvalue weighted by molar-refractivity contribution is -0.132. The molecule has 1 amide bonds. The maximum absolute atomic E-state index is 11.0. The van der Waals surface area contributed by atoms with Gasteiger partial charge in [0.25, 0.3) is 5.91 Å². The highest BCUT2D eigenvalue weighted by Gasteiger charge is 2.11. The lowest BCUT2D eigenvalue weighted by Gasteiger charge is -2.10. The molecule has 66 valence electrons. The van der Waals surface area contributed by atoms with E-state index in [9.17, 15) is 4.79 Å². The summed E-state index contributed by atoms with van der Waals surface area (Å²) in [4.78, 5) is 15.3. The molecule has 0 spiro atoms. The number of amides is 1. The first-order valence-corrected chi connectivity index (χ1v) is 3.71. The fraction of sp³-hybridized carbons (Fsp3) is 0.857. The van der Waals surface area contributed by atoms with Gasteiger partial charge in [0.05, 0.1) is 0 Å². The normalized spacial score (nSPS) is 13.2. The van der Waals surface area contributed by atoms with Gasteiger partial charge in [-0.25, -0.2) is 5.90 Å². The monoisotopic (exact) mass is 160 g/mol. The third-order valence-corrected chi connectivity index (χ3v) is 1.26. The van der Waals surface area contributed by atoms with E-state index in [1.165, 1.54) is 0 Å². The molecule has 0 aromatic rings. The molecule has 0 radical (unpaired) electrons. The number of hydrogen-bond donors (Lipinski definition) is 2. The second-order valence-corrected chi connectivity index (χ2v) is 2.92. The summed E-state index contributed by atoms with van der Waals surface area (Å²) in [5.74, 6) is 5.10. The Morgan fingerprint density at radius 1 is 1.55 bits per heavy atom. The largest absolute Gasteiger partial charge is 0.354 e. The molecule has 0 unspecified atom stereocenters. The van der Waals surface area contributed by atoms with Crippen molar-refractivity contribution < 1.29 is 9.63 Å². The molecule has 0 saturated carbocycles. The van der Waals surface area contributed by atoms with Crippen LogP contribution < -0.4 is 11.2 Å². The van der Waals surface area contributed by atoms with Gasteiger partial charge in [0, 0.05) is 6.54 Å². The summed E-state index contributed by atoms with van der Waals surface area (Å²) in [5, 5.41) is 2.69. The van der Waals surface area contributed by atoms with Crippen LogP contribution in [0.4, 0.5) is 0 Å². The Labute approximate surface area is 67.0 Å². The van der Waals surface area contributed by atoms with Gasteiger partial charge in [-0.15, -0.1) is 0 Å². The summed E-state index contributed by atoms with van der Waals surface area (Å²) >= 11 is 0. The van der Waals surface area contributed by atoms with E-state index >= 15 is 0 Å². The molecule has 3 N–H and O–H groups in total. The molecular formula is C7H16N2O2. The van der Waals surface area contributed by atoms with Crippen molar-refractivity contribution in [1.82, 2.24) is 5.32 Å². The van der Waals surface area contributed by atoms with Crippen molar-refractivity contribution in [2.24, 2.45) is 11.8 Å². The van der Waals surface area contributed by atoms with E-state index in [1.54, 1.807) is 6.92 Å². The average Bonchev–Trinajstić information content (AvgIpc) is 1.98. The fourth-order valence-corrected chi connectivity index (χ4v) is 0.510. The van der Waals surface area contributed by atoms with E-state index in [-0.39, 0.29) is 5.91 Å². The van der Waals surface area contributed by atoms with Crippen LogP contribution in [0.5, 0.6) is 0 Å². The predicted octanol–water partition coefficient (Wildman–Crippen LogP) is 0.0374. The van der Waals surface area contributed by atoms with Gasteiger partial charge in [-0.2, -0.15) is 0 Å². The van der Waals surface area contributed by atoms with Crippen molar-refractivity contribution in [1.29, 1.82) is 0 Å². The van der Waals surface area contributed by atoms with E-state index in [0.717, 1.165) is 0 Å². The Hall–Kier alpha value is -0.610. The molecule has 4 heteroatoms. The minimum absolute atomic E-state index is 0.166. The van der Waals surface area contributed by atoms with E-state index in [2.05, 4.69) is 10.2 Å². The highest BCUT2D eigenvalue weighted by atomic mass is 16.6. The van der Waals surface area contributed by atoms with Crippen molar-refractivity contribution >= 4 is 5.91 Å². The molecule has 0 aliphatic carbocycles. The molecule has 0 bridgehead atoms. The van der Waals surface area contributed by atoms with E-state index < -0.39 is 6.10 Å². The summed E-state index contributed by atoms with van der Waals surface area (Å²) in [6.45, 7) is 6.31. The number of rotatable bonds is 4. The standard InChI is InChI=1S/C7H16N2O2/c1-5(2)4-9-7(10)6(3)11-8/h5-6H,4,8H2,1-3H3,(H,9,10)/t6-/m0/s1. The Kier molecular flexibility index (Phi) is 4.81. The second kappa shape index (κ2) is 5.09. The van der Waals surface area contributed by atoms with Crippen LogP contribution in [0.25, 0.3) is 0 Å². The summed E-state index contributed by atoms with van der Waals surface area (Å²) in [6.07, 6.45) is -0.561. The molecule has 1 atom stereocenters. The minimum atomic E-state index is -0.561. The quantitative estimate of drug-likeness (QED) is 0.570. The predicted molar refractivity (Wildman–Crippen MR) is 42.6 cm³/mol. The Bertz CT molecular complexity index is 126. The molecule has 4 nitrogen and oxygen atoms in total. The lowest BCUT2D eigenvalue weighted by atomic mass is 10.2. The zero-order valence-electron chi connectivity index (χ0n) is 7.26. The van der Waals surface area contributed by atoms with Crippen molar-refractivity contribution in [3.05, 3.63) is 0 Å². The van der Waals surface area contributed by atoms with Crippen molar-refractivity contribution in [2.45, 2.75) is 26.9 Å². The van der Waals surface area contributed by atoms with Crippen LogP contribution in [0.3, 0.4) is 0 Å². The van der Waals surface area contributed by atoms with Crippen LogP contribution in [0.1, 0.15) is 20.8 Å². The molecule has 0 aliphatic rings. The summed E-state index contributed by atoms with van der Waals surface area (Å²) in [6, 6.07) is 0. The third kappa shape index (κ3) is 4.75. The van der Waals surface area contributed by atoms with Gasteiger partial charge in [0.15, 0.2) is 6.10 Å². The summed E-state index contributed by atoms with van der Waals surface area (Å²) in [7, 11) is 0. The zero-order valence-corrected chi connectivity index (χ0v) is 7.26. The topological polar surface area (TPSA) is 64.3 Å². The molecule has 0 rings (SSSR count). The Balaban J connectivity index is 3.52. The molecule has 0 heterocycles. The maximum Gasteiger partial charge on any atom is 0.250 e. The number of carbonyl (C=O) groups is 1. The molecule has 11 heavy (non-hydrogen) atoms.